The van der Waals surface area contributed by atoms with Gasteiger partial charge in [-0.05, 0) is 51.7 Å². The first kappa shape index (κ1) is 11.9. The lowest BCUT2D eigenvalue weighted by atomic mass is 10.0. The van der Waals surface area contributed by atoms with E-state index in [2.05, 4.69) is 22.6 Å². The van der Waals surface area contributed by atoms with Gasteiger partial charge >= 0.3 is 0 Å². The van der Waals surface area contributed by atoms with Crippen LogP contribution < -0.4 is 5.73 Å². The van der Waals surface area contributed by atoms with Gasteiger partial charge in [-0.2, -0.15) is 0 Å². The van der Waals surface area contributed by atoms with Gasteiger partial charge < -0.3 is 5.73 Å². The van der Waals surface area contributed by atoms with Crippen molar-refractivity contribution in [2.45, 2.75) is 6.04 Å². The number of benzene rings is 1. The minimum absolute atomic E-state index is 0.0725. The molecule has 2 aromatic rings. The van der Waals surface area contributed by atoms with E-state index in [1.165, 1.54) is 29.5 Å². The summed E-state index contributed by atoms with van der Waals surface area (Å²) in [5.41, 5.74) is 6.52. The van der Waals surface area contributed by atoms with Gasteiger partial charge in [0.25, 0.3) is 0 Å². The molecule has 1 aromatic heterocycles. The van der Waals surface area contributed by atoms with Crippen molar-refractivity contribution in [3.63, 3.8) is 0 Å². The average Bonchev–Trinajstić information content (AvgIpc) is 2.64. The minimum Gasteiger partial charge on any atom is -0.320 e. The molecule has 1 nitrogen and oxygen atoms in total. The van der Waals surface area contributed by atoms with Crippen LogP contribution >= 0.6 is 33.9 Å². The highest BCUT2D eigenvalue weighted by Gasteiger charge is 2.18. The SMILES string of the molecule is NC(c1csc(I)c1)c1c(F)cccc1F. The van der Waals surface area contributed by atoms with Crippen molar-refractivity contribution in [2.24, 2.45) is 5.73 Å². The summed E-state index contributed by atoms with van der Waals surface area (Å²) >= 11 is 3.65. The fourth-order valence-electron chi connectivity index (χ4n) is 1.46. The van der Waals surface area contributed by atoms with Gasteiger partial charge in [0.05, 0.1) is 8.93 Å². The third-order valence-electron chi connectivity index (χ3n) is 2.26. The zero-order chi connectivity index (χ0) is 11.7. The molecular formula is C11H8F2INS. The van der Waals surface area contributed by atoms with Crippen LogP contribution in [0.1, 0.15) is 17.2 Å². The van der Waals surface area contributed by atoms with Crippen molar-refractivity contribution in [1.29, 1.82) is 0 Å². The molecule has 2 N–H and O–H groups in total. The Balaban J connectivity index is 2.45. The Bertz CT molecular complexity index is 492. The zero-order valence-corrected chi connectivity index (χ0v) is 11.1. The lowest BCUT2D eigenvalue weighted by molar-refractivity contribution is 0.543. The second-order valence-corrected chi connectivity index (χ2v) is 6.10. The number of hydrogen-bond acceptors (Lipinski definition) is 2. The number of hydrogen-bond donors (Lipinski definition) is 1. The minimum atomic E-state index is -0.749. The Kier molecular flexibility index (Phi) is 3.56. The number of halogens is 3. The molecule has 84 valence electrons. The average molecular weight is 351 g/mol. The van der Waals surface area contributed by atoms with Crippen molar-refractivity contribution in [2.75, 3.05) is 0 Å². The summed E-state index contributed by atoms with van der Waals surface area (Å²) in [4.78, 5) is 0. The molecule has 0 spiro atoms. The van der Waals surface area contributed by atoms with E-state index in [1.807, 2.05) is 11.4 Å². The number of thiophene rings is 1. The summed E-state index contributed by atoms with van der Waals surface area (Å²) in [7, 11) is 0. The Morgan fingerprint density at radius 3 is 2.38 bits per heavy atom. The van der Waals surface area contributed by atoms with Crippen molar-refractivity contribution < 1.29 is 8.78 Å². The second-order valence-electron chi connectivity index (χ2n) is 3.30. The number of nitrogens with two attached hydrogens (primary N) is 1. The molecule has 5 heteroatoms. The second kappa shape index (κ2) is 4.77. The van der Waals surface area contributed by atoms with Crippen molar-refractivity contribution in [3.8, 4) is 0 Å². The van der Waals surface area contributed by atoms with Crippen LogP contribution in [0, 0.1) is 14.5 Å². The molecule has 0 saturated carbocycles. The van der Waals surface area contributed by atoms with Gasteiger partial charge in [0.2, 0.25) is 0 Å². The predicted octanol–water partition coefficient (Wildman–Crippen LogP) is 3.68. The van der Waals surface area contributed by atoms with Crippen molar-refractivity contribution >= 4 is 33.9 Å². The van der Waals surface area contributed by atoms with E-state index >= 15 is 0 Å². The molecule has 16 heavy (non-hydrogen) atoms. The van der Waals surface area contributed by atoms with Gasteiger partial charge in [0.15, 0.2) is 0 Å². The van der Waals surface area contributed by atoms with E-state index in [1.54, 1.807) is 0 Å². The van der Waals surface area contributed by atoms with E-state index < -0.39 is 17.7 Å². The summed E-state index contributed by atoms with van der Waals surface area (Å²) in [5.74, 6) is -1.21. The normalized spacial score (nSPS) is 12.8. The number of rotatable bonds is 2. The van der Waals surface area contributed by atoms with Gasteiger partial charge in [-0.1, -0.05) is 6.07 Å². The van der Waals surface area contributed by atoms with Crippen LogP contribution in [-0.4, -0.2) is 0 Å². The molecule has 1 heterocycles. The molecule has 0 radical (unpaired) electrons. The standard InChI is InChI=1S/C11H8F2INS/c12-7-2-1-3-8(13)10(7)11(15)6-4-9(14)16-5-6/h1-5,11H,15H2. The van der Waals surface area contributed by atoms with E-state index in [0.29, 0.717) is 0 Å². The first-order valence-electron chi connectivity index (χ1n) is 4.53. The quantitative estimate of drug-likeness (QED) is 0.821. The summed E-state index contributed by atoms with van der Waals surface area (Å²) in [5, 5.41) is 1.82. The summed E-state index contributed by atoms with van der Waals surface area (Å²) in [6.07, 6.45) is 0. The maximum absolute atomic E-state index is 13.5. The molecule has 1 aromatic carbocycles. The maximum Gasteiger partial charge on any atom is 0.131 e. The summed E-state index contributed by atoms with van der Waals surface area (Å²) in [6.45, 7) is 0. The molecule has 0 aliphatic heterocycles. The molecule has 1 unspecified atom stereocenters. The highest BCUT2D eigenvalue weighted by atomic mass is 127. The molecule has 2 rings (SSSR count). The predicted molar refractivity (Wildman–Crippen MR) is 69.4 cm³/mol. The fraction of sp³-hybridized carbons (Fsp3) is 0.0909. The monoisotopic (exact) mass is 351 g/mol. The molecule has 0 aliphatic rings. The van der Waals surface area contributed by atoms with Gasteiger partial charge in [0, 0.05) is 5.56 Å². The van der Waals surface area contributed by atoms with Gasteiger partial charge in [-0.15, -0.1) is 11.3 Å². The molecule has 0 amide bonds. The largest absolute Gasteiger partial charge is 0.320 e. The molecule has 0 saturated heterocycles. The summed E-state index contributed by atoms with van der Waals surface area (Å²) < 4.78 is 28.0. The maximum atomic E-state index is 13.5. The van der Waals surface area contributed by atoms with E-state index in [4.69, 9.17) is 5.73 Å². The topological polar surface area (TPSA) is 26.0 Å². The van der Waals surface area contributed by atoms with Crippen LogP contribution in [0.5, 0.6) is 0 Å². The fourth-order valence-corrected chi connectivity index (χ4v) is 2.87. The van der Waals surface area contributed by atoms with E-state index in [-0.39, 0.29) is 5.56 Å². The zero-order valence-electron chi connectivity index (χ0n) is 8.08. The third kappa shape index (κ3) is 2.26. The van der Waals surface area contributed by atoms with Crippen LogP contribution in [0.15, 0.2) is 29.6 Å². The van der Waals surface area contributed by atoms with Crippen LogP contribution in [0.3, 0.4) is 0 Å². The van der Waals surface area contributed by atoms with Crippen LogP contribution in [-0.2, 0) is 0 Å². The van der Waals surface area contributed by atoms with E-state index in [9.17, 15) is 8.78 Å². The molecular weight excluding hydrogens is 343 g/mol. The van der Waals surface area contributed by atoms with Gasteiger partial charge in [0.1, 0.15) is 11.6 Å². The lowest BCUT2D eigenvalue weighted by Gasteiger charge is -2.12. The first-order valence-corrected chi connectivity index (χ1v) is 6.49. The third-order valence-corrected chi connectivity index (χ3v) is 4.06. The van der Waals surface area contributed by atoms with Crippen molar-refractivity contribution in [1.82, 2.24) is 0 Å². The van der Waals surface area contributed by atoms with Crippen LogP contribution in [0.25, 0.3) is 0 Å². The van der Waals surface area contributed by atoms with E-state index in [0.717, 1.165) is 8.45 Å². The Hall–Kier alpha value is -0.530. The highest BCUT2D eigenvalue weighted by Crippen LogP contribution is 2.28. The Morgan fingerprint density at radius 1 is 1.25 bits per heavy atom. The lowest BCUT2D eigenvalue weighted by Crippen LogP contribution is -2.14. The first-order chi connectivity index (χ1) is 7.59. The molecule has 0 bridgehead atoms. The molecule has 0 fully saturated rings. The van der Waals surface area contributed by atoms with Gasteiger partial charge in [-0.3, -0.25) is 0 Å². The smallest absolute Gasteiger partial charge is 0.131 e. The highest BCUT2D eigenvalue weighted by molar-refractivity contribution is 14.1. The van der Waals surface area contributed by atoms with Crippen molar-refractivity contribution in [3.05, 3.63) is 55.3 Å². The van der Waals surface area contributed by atoms with Crippen LogP contribution in [0.2, 0.25) is 0 Å². The van der Waals surface area contributed by atoms with Gasteiger partial charge in [-0.25, -0.2) is 8.78 Å². The molecule has 0 aliphatic carbocycles. The van der Waals surface area contributed by atoms with Crippen LogP contribution in [0.4, 0.5) is 8.78 Å². The Morgan fingerprint density at radius 2 is 1.88 bits per heavy atom. The summed E-state index contributed by atoms with van der Waals surface area (Å²) in [6, 6.07) is 4.85. The molecule has 1 atom stereocenters. The Labute approximate surface area is 109 Å².